The van der Waals surface area contributed by atoms with E-state index in [1.165, 1.54) is 17.2 Å². The van der Waals surface area contributed by atoms with E-state index in [4.69, 9.17) is 20.8 Å². The molecule has 0 radical (unpaired) electrons. The van der Waals surface area contributed by atoms with Crippen molar-refractivity contribution in [2.24, 2.45) is 0 Å². The summed E-state index contributed by atoms with van der Waals surface area (Å²) in [6.45, 7) is 7.04. The van der Waals surface area contributed by atoms with E-state index < -0.39 is 34.4 Å². The molecule has 9 nitrogen and oxygen atoms in total. The molecule has 0 aliphatic heterocycles. The molecular weight excluding hydrogens is 489 g/mol. The van der Waals surface area contributed by atoms with Crippen molar-refractivity contribution in [3.8, 4) is 5.82 Å². The molecule has 1 aromatic carbocycles. The van der Waals surface area contributed by atoms with Crippen LogP contribution in [0, 0.1) is 0 Å². The van der Waals surface area contributed by atoms with E-state index in [1.54, 1.807) is 39.8 Å². The van der Waals surface area contributed by atoms with Crippen LogP contribution in [0.2, 0.25) is 5.02 Å². The van der Waals surface area contributed by atoms with Crippen molar-refractivity contribution < 1.29 is 27.1 Å². The number of hydrogen-bond donors (Lipinski definition) is 1. The number of nitrogens with one attached hydrogen (secondary N) is 1. The number of rotatable bonds is 5. The number of hydrogen-bond acceptors (Lipinski definition) is 8. The monoisotopic (exact) mass is 508 g/mol. The normalized spacial score (nSPS) is 13.1. The van der Waals surface area contributed by atoms with Gasteiger partial charge in [0.05, 0.1) is 22.2 Å². The Bertz CT molecular complexity index is 1380. The van der Waals surface area contributed by atoms with Gasteiger partial charge in [0.15, 0.2) is 17.2 Å². The fraction of sp³-hybridized carbons (Fsp3) is 0.318. The van der Waals surface area contributed by atoms with Crippen LogP contribution in [0.25, 0.3) is 16.9 Å². The number of ether oxygens (including phenoxy) is 1. The van der Waals surface area contributed by atoms with Crippen LogP contribution in [0.1, 0.15) is 55.5 Å². The van der Waals surface area contributed by atoms with E-state index in [1.807, 2.05) is 0 Å². The number of carbonyl (C=O) groups is 1. The second-order valence-electron chi connectivity index (χ2n) is 8.62. The Labute approximate surface area is 202 Å². The number of oxazole rings is 1. The van der Waals surface area contributed by atoms with Gasteiger partial charge in [-0.3, -0.25) is 0 Å². The number of carbonyl (C=O) groups excluding carboxylic acids is 1. The average molecular weight is 509 g/mol. The van der Waals surface area contributed by atoms with Gasteiger partial charge < -0.3 is 14.5 Å². The molecule has 35 heavy (non-hydrogen) atoms. The molecule has 0 amide bonds. The molecule has 0 fully saturated rings. The standard InChI is InChI=1S/C22H20ClF3N6O3/c1-11(30-20-31-15-7-13(22(24,25)26)14(23)8-16(15)34-20)18-28-10-29-32(18)17-6-5-12(9-27-17)19(33)35-21(2,3)4/h5-11H,1-4H3,(H,30,31)/t11-/m0/s1. The number of aromatic nitrogens is 5. The number of benzene rings is 1. The van der Waals surface area contributed by atoms with E-state index in [2.05, 4.69) is 25.4 Å². The second-order valence-corrected chi connectivity index (χ2v) is 9.03. The predicted molar refractivity (Wildman–Crippen MR) is 120 cm³/mol. The van der Waals surface area contributed by atoms with Crippen molar-refractivity contribution in [3.63, 3.8) is 0 Å². The van der Waals surface area contributed by atoms with E-state index in [0.29, 0.717) is 11.6 Å². The molecule has 1 atom stereocenters. The number of anilines is 1. The quantitative estimate of drug-likeness (QED) is 0.347. The molecule has 0 saturated heterocycles. The lowest BCUT2D eigenvalue weighted by molar-refractivity contribution is -0.137. The minimum Gasteiger partial charge on any atom is -0.456 e. The highest BCUT2D eigenvalue weighted by molar-refractivity contribution is 6.32. The number of alkyl halides is 3. The molecule has 3 heterocycles. The fourth-order valence-electron chi connectivity index (χ4n) is 3.17. The van der Waals surface area contributed by atoms with Gasteiger partial charge in [-0.15, -0.1) is 0 Å². The Hall–Kier alpha value is -3.67. The number of halogens is 4. The maximum absolute atomic E-state index is 13.1. The Kier molecular flexibility index (Phi) is 6.18. The van der Waals surface area contributed by atoms with E-state index in [0.717, 1.165) is 12.1 Å². The van der Waals surface area contributed by atoms with Crippen LogP contribution in [-0.2, 0) is 10.9 Å². The fourth-order valence-corrected chi connectivity index (χ4v) is 3.43. The maximum atomic E-state index is 13.1. The molecule has 4 rings (SSSR count). The molecule has 0 aliphatic carbocycles. The third-order valence-corrected chi connectivity index (χ3v) is 5.00. The van der Waals surface area contributed by atoms with Gasteiger partial charge in [0, 0.05) is 12.3 Å². The van der Waals surface area contributed by atoms with Gasteiger partial charge in [-0.1, -0.05) is 11.6 Å². The SMILES string of the molecule is C[C@H](Nc1nc2cc(C(F)(F)F)c(Cl)cc2o1)c1ncnn1-c1ccc(C(=O)OC(C)(C)C)cn1. The van der Waals surface area contributed by atoms with Crippen LogP contribution >= 0.6 is 11.6 Å². The maximum Gasteiger partial charge on any atom is 0.417 e. The van der Waals surface area contributed by atoms with Gasteiger partial charge in [-0.2, -0.15) is 27.9 Å². The van der Waals surface area contributed by atoms with Crippen molar-refractivity contribution in [2.75, 3.05) is 5.32 Å². The molecule has 0 unspecified atom stereocenters. The van der Waals surface area contributed by atoms with Crippen molar-refractivity contribution in [2.45, 2.75) is 45.5 Å². The zero-order valence-electron chi connectivity index (χ0n) is 19.0. The van der Waals surface area contributed by atoms with Crippen LogP contribution in [0.5, 0.6) is 0 Å². The van der Waals surface area contributed by atoms with Crippen LogP contribution in [0.15, 0.2) is 41.2 Å². The molecule has 13 heteroatoms. The number of pyridine rings is 1. The highest BCUT2D eigenvalue weighted by atomic mass is 35.5. The summed E-state index contributed by atoms with van der Waals surface area (Å²) in [7, 11) is 0. The predicted octanol–water partition coefficient (Wildman–Crippen LogP) is 5.60. The lowest BCUT2D eigenvalue weighted by Gasteiger charge is -2.19. The van der Waals surface area contributed by atoms with Gasteiger partial charge in [0.1, 0.15) is 17.4 Å². The second kappa shape index (κ2) is 8.84. The minimum absolute atomic E-state index is 0.00251. The molecule has 0 saturated carbocycles. The topological polar surface area (TPSA) is 108 Å². The Morgan fingerprint density at radius 3 is 2.57 bits per heavy atom. The summed E-state index contributed by atoms with van der Waals surface area (Å²) in [6.07, 6.45) is -1.93. The van der Waals surface area contributed by atoms with Gasteiger partial charge >= 0.3 is 12.1 Å². The molecular formula is C22H20ClF3N6O3. The van der Waals surface area contributed by atoms with Gasteiger partial charge in [0.25, 0.3) is 6.01 Å². The number of nitrogens with zero attached hydrogens (tertiary/aromatic N) is 5. The third kappa shape index (κ3) is 5.37. The first-order chi connectivity index (χ1) is 16.3. The summed E-state index contributed by atoms with van der Waals surface area (Å²) in [5, 5.41) is 6.63. The summed E-state index contributed by atoms with van der Waals surface area (Å²) in [6, 6.07) is 4.49. The lowest BCUT2D eigenvalue weighted by atomic mass is 10.2. The van der Waals surface area contributed by atoms with E-state index in [9.17, 15) is 18.0 Å². The van der Waals surface area contributed by atoms with Crippen LogP contribution in [0.3, 0.4) is 0 Å². The van der Waals surface area contributed by atoms with Crippen molar-refractivity contribution in [1.29, 1.82) is 0 Å². The molecule has 4 aromatic rings. The highest BCUT2D eigenvalue weighted by Crippen LogP contribution is 2.37. The Morgan fingerprint density at radius 1 is 1.20 bits per heavy atom. The van der Waals surface area contributed by atoms with Crippen molar-refractivity contribution in [3.05, 3.63) is 58.8 Å². The first-order valence-corrected chi connectivity index (χ1v) is 10.7. The largest absolute Gasteiger partial charge is 0.456 e. The molecule has 0 aliphatic rings. The van der Waals surface area contributed by atoms with Crippen LogP contribution in [0.4, 0.5) is 19.2 Å². The molecule has 184 valence electrons. The minimum atomic E-state index is -4.62. The van der Waals surface area contributed by atoms with Crippen molar-refractivity contribution in [1.82, 2.24) is 24.7 Å². The van der Waals surface area contributed by atoms with E-state index in [-0.39, 0.29) is 22.7 Å². The Morgan fingerprint density at radius 2 is 1.94 bits per heavy atom. The highest BCUT2D eigenvalue weighted by Gasteiger charge is 2.34. The summed E-state index contributed by atoms with van der Waals surface area (Å²) in [4.78, 5) is 24.8. The zero-order valence-corrected chi connectivity index (χ0v) is 19.8. The molecule has 3 aromatic heterocycles. The van der Waals surface area contributed by atoms with Gasteiger partial charge in [0.2, 0.25) is 0 Å². The van der Waals surface area contributed by atoms with Gasteiger partial charge in [-0.05, 0) is 45.9 Å². The molecule has 0 spiro atoms. The summed E-state index contributed by atoms with van der Waals surface area (Å²) < 4.78 is 51.6. The Balaban J connectivity index is 1.55. The number of esters is 1. The summed E-state index contributed by atoms with van der Waals surface area (Å²) in [5.41, 5.74) is -1.27. The van der Waals surface area contributed by atoms with Crippen LogP contribution < -0.4 is 5.32 Å². The van der Waals surface area contributed by atoms with Crippen LogP contribution in [-0.4, -0.2) is 36.3 Å². The van der Waals surface area contributed by atoms with E-state index >= 15 is 0 Å². The molecule has 1 N–H and O–H groups in total. The third-order valence-electron chi connectivity index (χ3n) is 4.68. The smallest absolute Gasteiger partial charge is 0.417 e. The number of fused-ring (bicyclic) bond motifs is 1. The molecule has 0 bridgehead atoms. The first-order valence-electron chi connectivity index (χ1n) is 10.4. The first kappa shape index (κ1) is 24.5. The lowest BCUT2D eigenvalue weighted by Crippen LogP contribution is -2.24. The van der Waals surface area contributed by atoms with Crippen molar-refractivity contribution >= 4 is 34.7 Å². The van der Waals surface area contributed by atoms with Gasteiger partial charge in [-0.25, -0.2) is 14.8 Å². The zero-order chi connectivity index (χ0) is 25.5. The summed E-state index contributed by atoms with van der Waals surface area (Å²) >= 11 is 5.75. The average Bonchev–Trinajstić information content (AvgIpc) is 3.37. The summed E-state index contributed by atoms with van der Waals surface area (Å²) in [5.74, 6) is 0.298.